The molecule has 24 heavy (non-hydrogen) atoms. The molecule has 0 aliphatic heterocycles. The molecule has 1 amide bonds. The average Bonchev–Trinajstić information content (AvgIpc) is 2.58. The number of hydrogen-bond donors (Lipinski definition) is 2. The van der Waals surface area contributed by atoms with E-state index in [9.17, 15) is 9.90 Å². The number of hydrogen-bond acceptors (Lipinski definition) is 4. The molecule has 1 aromatic rings. The van der Waals surface area contributed by atoms with Gasteiger partial charge in [0.25, 0.3) is 0 Å². The molecule has 1 aromatic carbocycles. The first-order chi connectivity index (χ1) is 11.7. The third-order valence-corrected chi connectivity index (χ3v) is 3.67. The number of rotatable bonds is 12. The Balaban J connectivity index is 2.16. The lowest BCUT2D eigenvalue weighted by Crippen LogP contribution is -2.16. The van der Waals surface area contributed by atoms with Gasteiger partial charge in [-0.2, -0.15) is 5.10 Å². The number of nitrogens with one attached hydrogen (secondary N) is 1. The van der Waals surface area contributed by atoms with Crippen LogP contribution in [0.3, 0.4) is 0 Å². The van der Waals surface area contributed by atoms with E-state index in [1.165, 1.54) is 45.1 Å². The normalized spacial score (nSPS) is 10.7. The highest BCUT2D eigenvalue weighted by Crippen LogP contribution is 2.25. The minimum absolute atomic E-state index is 0.0724. The molecular weight excluding hydrogens is 304 g/mol. The van der Waals surface area contributed by atoms with Gasteiger partial charge in [-0.15, -0.1) is 6.58 Å². The second-order valence-electron chi connectivity index (χ2n) is 5.67. The number of allylic oxidation sites excluding steroid dienone is 1. The Morgan fingerprint density at radius 1 is 1.25 bits per heavy atom. The van der Waals surface area contributed by atoms with Crippen molar-refractivity contribution in [2.45, 2.75) is 51.4 Å². The van der Waals surface area contributed by atoms with E-state index >= 15 is 0 Å². The molecule has 0 bridgehead atoms. The van der Waals surface area contributed by atoms with E-state index in [0.29, 0.717) is 12.2 Å². The van der Waals surface area contributed by atoms with Crippen LogP contribution in [0.2, 0.25) is 0 Å². The summed E-state index contributed by atoms with van der Waals surface area (Å²) in [5.74, 6) is 0.366. The van der Waals surface area contributed by atoms with Crippen LogP contribution >= 0.6 is 0 Å². The van der Waals surface area contributed by atoms with E-state index in [1.807, 2.05) is 6.08 Å². The molecule has 2 N–H and O–H groups in total. The van der Waals surface area contributed by atoms with Crippen LogP contribution in [-0.4, -0.2) is 24.3 Å². The number of phenols is 1. The molecule has 0 fully saturated rings. The van der Waals surface area contributed by atoms with Gasteiger partial charge in [0.1, 0.15) is 0 Å². The van der Waals surface area contributed by atoms with Gasteiger partial charge in [0.2, 0.25) is 5.91 Å². The summed E-state index contributed by atoms with van der Waals surface area (Å²) in [5.41, 5.74) is 3.26. The van der Waals surface area contributed by atoms with Gasteiger partial charge < -0.3 is 9.84 Å². The van der Waals surface area contributed by atoms with Crippen molar-refractivity contribution in [1.82, 2.24) is 5.43 Å². The zero-order valence-electron chi connectivity index (χ0n) is 14.5. The number of carbonyl (C=O) groups excluding carboxylic acids is 1. The summed E-state index contributed by atoms with van der Waals surface area (Å²) in [6.45, 7) is 3.71. The van der Waals surface area contributed by atoms with Crippen molar-refractivity contribution in [2.75, 3.05) is 7.11 Å². The quantitative estimate of drug-likeness (QED) is 0.261. The van der Waals surface area contributed by atoms with Crippen molar-refractivity contribution in [1.29, 1.82) is 0 Å². The Morgan fingerprint density at radius 3 is 2.67 bits per heavy atom. The molecular formula is C19H28N2O3. The Kier molecular flexibility index (Phi) is 10.0. The van der Waals surface area contributed by atoms with Crippen molar-refractivity contribution in [2.24, 2.45) is 5.10 Å². The van der Waals surface area contributed by atoms with Crippen LogP contribution < -0.4 is 10.2 Å². The van der Waals surface area contributed by atoms with Gasteiger partial charge in [-0.25, -0.2) is 5.43 Å². The molecule has 5 heteroatoms. The lowest BCUT2D eigenvalue weighted by molar-refractivity contribution is -0.121. The molecule has 5 nitrogen and oxygen atoms in total. The number of benzene rings is 1. The fraction of sp³-hybridized carbons (Fsp3) is 0.474. The maximum absolute atomic E-state index is 11.7. The fourth-order valence-electron chi connectivity index (χ4n) is 2.29. The second kappa shape index (κ2) is 12.2. The highest BCUT2D eigenvalue weighted by molar-refractivity contribution is 5.83. The third kappa shape index (κ3) is 8.36. The van der Waals surface area contributed by atoms with Crippen LogP contribution in [0, 0.1) is 0 Å². The molecule has 0 atom stereocenters. The minimum Gasteiger partial charge on any atom is -0.504 e. The van der Waals surface area contributed by atoms with Crippen molar-refractivity contribution in [3.63, 3.8) is 0 Å². The second-order valence-corrected chi connectivity index (χ2v) is 5.67. The summed E-state index contributed by atoms with van der Waals surface area (Å²) in [7, 11) is 1.48. The summed E-state index contributed by atoms with van der Waals surface area (Å²) in [6, 6.07) is 4.87. The predicted molar refractivity (Wildman–Crippen MR) is 97.5 cm³/mol. The smallest absolute Gasteiger partial charge is 0.240 e. The van der Waals surface area contributed by atoms with Crippen LogP contribution in [0.4, 0.5) is 0 Å². The molecule has 0 unspecified atom stereocenters. The van der Waals surface area contributed by atoms with Crippen molar-refractivity contribution in [3.8, 4) is 11.5 Å². The largest absolute Gasteiger partial charge is 0.504 e. The zero-order chi connectivity index (χ0) is 17.6. The monoisotopic (exact) mass is 332 g/mol. The first-order valence-electron chi connectivity index (χ1n) is 8.47. The van der Waals surface area contributed by atoms with E-state index in [-0.39, 0.29) is 11.7 Å². The van der Waals surface area contributed by atoms with Gasteiger partial charge in [-0.05, 0) is 43.0 Å². The van der Waals surface area contributed by atoms with Gasteiger partial charge in [0.15, 0.2) is 11.5 Å². The first kappa shape index (κ1) is 19.7. The van der Waals surface area contributed by atoms with Gasteiger partial charge in [0, 0.05) is 6.42 Å². The zero-order valence-corrected chi connectivity index (χ0v) is 14.5. The number of aromatic hydroxyl groups is 1. The van der Waals surface area contributed by atoms with Crippen molar-refractivity contribution in [3.05, 3.63) is 36.4 Å². The van der Waals surface area contributed by atoms with Crippen LogP contribution in [0.25, 0.3) is 0 Å². The minimum atomic E-state index is -0.0800. The maximum Gasteiger partial charge on any atom is 0.240 e. The average molecular weight is 332 g/mol. The molecule has 0 saturated heterocycles. The van der Waals surface area contributed by atoms with Gasteiger partial charge in [-0.1, -0.05) is 31.8 Å². The molecule has 0 spiro atoms. The Bertz CT molecular complexity index is 541. The molecule has 132 valence electrons. The molecule has 0 aromatic heterocycles. The Hall–Kier alpha value is -2.30. The summed E-state index contributed by atoms with van der Waals surface area (Å²) in [4.78, 5) is 11.7. The fourth-order valence-corrected chi connectivity index (χ4v) is 2.29. The highest BCUT2D eigenvalue weighted by Gasteiger charge is 2.02. The van der Waals surface area contributed by atoms with Crippen molar-refractivity contribution < 1.29 is 14.6 Å². The van der Waals surface area contributed by atoms with E-state index in [0.717, 1.165) is 24.8 Å². The van der Waals surface area contributed by atoms with E-state index in [1.54, 1.807) is 12.1 Å². The SMILES string of the molecule is C=CCCCCCCCCC(=O)N/N=C/c1ccc(O)c(OC)c1. The van der Waals surface area contributed by atoms with E-state index in [4.69, 9.17) is 4.74 Å². The van der Waals surface area contributed by atoms with Crippen LogP contribution in [-0.2, 0) is 4.79 Å². The first-order valence-corrected chi connectivity index (χ1v) is 8.47. The molecule has 0 aliphatic rings. The number of nitrogens with zero attached hydrogens (tertiary/aromatic N) is 1. The molecule has 0 saturated carbocycles. The lowest BCUT2D eigenvalue weighted by atomic mass is 10.1. The van der Waals surface area contributed by atoms with Crippen LogP contribution in [0.15, 0.2) is 36.0 Å². The number of hydrazone groups is 1. The van der Waals surface area contributed by atoms with Gasteiger partial charge >= 0.3 is 0 Å². The third-order valence-electron chi connectivity index (χ3n) is 3.67. The topological polar surface area (TPSA) is 70.9 Å². The highest BCUT2D eigenvalue weighted by atomic mass is 16.5. The van der Waals surface area contributed by atoms with Crippen LogP contribution in [0.1, 0.15) is 56.9 Å². The summed E-state index contributed by atoms with van der Waals surface area (Å²) in [5, 5.41) is 13.4. The molecule has 0 aliphatic carbocycles. The predicted octanol–water partition coefficient (Wildman–Crippen LogP) is 4.16. The van der Waals surface area contributed by atoms with E-state index < -0.39 is 0 Å². The summed E-state index contributed by atoms with van der Waals surface area (Å²) < 4.78 is 5.02. The number of unbranched alkanes of at least 4 members (excludes halogenated alkanes) is 6. The number of methoxy groups -OCH3 is 1. The standard InChI is InChI=1S/C19H28N2O3/c1-3-4-5-6-7-8-9-10-11-19(23)21-20-15-16-12-13-17(22)18(14-16)24-2/h3,12-15,22H,1,4-11H2,2H3,(H,21,23)/b20-15+. The molecule has 1 rings (SSSR count). The molecule has 0 radical (unpaired) electrons. The van der Waals surface area contributed by atoms with Crippen molar-refractivity contribution >= 4 is 12.1 Å². The van der Waals surface area contributed by atoms with Gasteiger partial charge in [-0.3, -0.25) is 4.79 Å². The van der Waals surface area contributed by atoms with E-state index in [2.05, 4.69) is 17.1 Å². The Morgan fingerprint density at radius 2 is 1.96 bits per heavy atom. The molecule has 0 heterocycles. The van der Waals surface area contributed by atoms with Crippen LogP contribution in [0.5, 0.6) is 11.5 Å². The lowest BCUT2D eigenvalue weighted by Gasteiger charge is -2.03. The summed E-state index contributed by atoms with van der Waals surface area (Å²) >= 11 is 0. The summed E-state index contributed by atoms with van der Waals surface area (Å²) in [6.07, 6.45) is 11.8. The Labute approximate surface area is 144 Å². The number of phenolic OH excluding ortho intramolecular Hbond substituents is 1. The number of ether oxygens (including phenoxy) is 1. The van der Waals surface area contributed by atoms with Gasteiger partial charge in [0.05, 0.1) is 13.3 Å². The maximum atomic E-state index is 11.7. The number of carbonyl (C=O) groups is 1. The number of amides is 1.